The van der Waals surface area contributed by atoms with E-state index in [0.29, 0.717) is 24.4 Å². The largest absolute Gasteiger partial charge is 0.487 e. The molecular weight excluding hydrogens is 313 g/mol. The normalized spacial score (nSPS) is 24.0. The van der Waals surface area contributed by atoms with Crippen LogP contribution in [0, 0.1) is 5.82 Å². The number of aromatic nitrogens is 2. The van der Waals surface area contributed by atoms with E-state index in [2.05, 4.69) is 4.98 Å². The lowest BCUT2D eigenvalue weighted by atomic mass is 9.91. The number of ether oxygens (including phenoxy) is 1. The summed E-state index contributed by atoms with van der Waals surface area (Å²) in [5.74, 6) is -0.250. The SMILES string of the molecule is Cn1cnc(C(=O)N2CC[C@H](Oc3cccc(F)c3)[C@@](C)(O)C2)c1. The number of rotatable bonds is 3. The minimum Gasteiger partial charge on any atom is -0.487 e. The monoisotopic (exact) mass is 333 g/mol. The first-order valence-corrected chi connectivity index (χ1v) is 7.77. The molecule has 1 fully saturated rings. The summed E-state index contributed by atoms with van der Waals surface area (Å²) in [5.41, 5.74) is -0.896. The minimum atomic E-state index is -1.24. The molecule has 6 nitrogen and oxygen atoms in total. The number of benzene rings is 1. The summed E-state index contributed by atoms with van der Waals surface area (Å²) in [6, 6.07) is 5.81. The first-order chi connectivity index (χ1) is 11.3. The van der Waals surface area contributed by atoms with Gasteiger partial charge in [0.05, 0.1) is 12.9 Å². The minimum absolute atomic E-state index is 0.127. The zero-order chi connectivity index (χ0) is 17.3. The van der Waals surface area contributed by atoms with Crippen molar-refractivity contribution in [1.82, 2.24) is 14.5 Å². The Labute approximate surface area is 139 Å². The molecule has 24 heavy (non-hydrogen) atoms. The molecule has 2 heterocycles. The molecule has 1 aromatic heterocycles. The number of amides is 1. The second-order valence-corrected chi connectivity index (χ2v) is 6.36. The van der Waals surface area contributed by atoms with Crippen LogP contribution < -0.4 is 4.74 Å². The molecule has 0 radical (unpaired) electrons. The van der Waals surface area contributed by atoms with Gasteiger partial charge in [-0.1, -0.05) is 6.07 Å². The van der Waals surface area contributed by atoms with Crippen molar-refractivity contribution in [3.63, 3.8) is 0 Å². The fraction of sp³-hybridized carbons (Fsp3) is 0.412. The van der Waals surface area contributed by atoms with Gasteiger partial charge in [0.15, 0.2) is 0 Å². The first kappa shape index (κ1) is 16.4. The Morgan fingerprint density at radius 3 is 2.92 bits per heavy atom. The highest BCUT2D eigenvalue weighted by Crippen LogP contribution is 2.27. The molecule has 1 aliphatic rings. The molecule has 7 heteroatoms. The molecule has 1 N–H and O–H groups in total. The van der Waals surface area contributed by atoms with Crippen molar-refractivity contribution in [2.24, 2.45) is 7.05 Å². The number of halogens is 1. The first-order valence-electron chi connectivity index (χ1n) is 7.77. The van der Waals surface area contributed by atoms with Crippen molar-refractivity contribution in [2.45, 2.75) is 25.0 Å². The molecule has 1 aliphatic heterocycles. The number of aliphatic hydroxyl groups is 1. The smallest absolute Gasteiger partial charge is 0.274 e. The highest BCUT2D eigenvalue weighted by atomic mass is 19.1. The van der Waals surface area contributed by atoms with Gasteiger partial charge in [0.1, 0.15) is 29.0 Å². The third kappa shape index (κ3) is 3.41. The van der Waals surface area contributed by atoms with E-state index >= 15 is 0 Å². The van der Waals surface area contributed by atoms with Gasteiger partial charge in [-0.05, 0) is 19.1 Å². The maximum absolute atomic E-state index is 13.3. The Morgan fingerprint density at radius 2 is 2.29 bits per heavy atom. The number of hydrogen-bond acceptors (Lipinski definition) is 4. The third-order valence-corrected chi connectivity index (χ3v) is 4.15. The number of imidazole rings is 1. The van der Waals surface area contributed by atoms with E-state index in [4.69, 9.17) is 4.74 Å². The highest BCUT2D eigenvalue weighted by molar-refractivity contribution is 5.92. The van der Waals surface area contributed by atoms with E-state index in [0.717, 1.165) is 0 Å². The lowest BCUT2D eigenvalue weighted by Gasteiger charge is -2.42. The Kier molecular flexibility index (Phi) is 4.28. The molecule has 2 aromatic rings. The van der Waals surface area contributed by atoms with Crippen LogP contribution in [0.3, 0.4) is 0 Å². The summed E-state index contributed by atoms with van der Waals surface area (Å²) in [4.78, 5) is 18.1. The van der Waals surface area contributed by atoms with Crippen molar-refractivity contribution < 1.29 is 19.0 Å². The quantitative estimate of drug-likeness (QED) is 0.926. The van der Waals surface area contributed by atoms with Gasteiger partial charge in [-0.3, -0.25) is 4.79 Å². The fourth-order valence-electron chi connectivity index (χ4n) is 2.90. The predicted octanol–water partition coefficient (Wildman–Crippen LogP) is 1.60. The maximum Gasteiger partial charge on any atom is 0.274 e. The summed E-state index contributed by atoms with van der Waals surface area (Å²) in [6.07, 6.45) is 3.13. The molecular formula is C17H20FN3O3. The van der Waals surface area contributed by atoms with Crippen molar-refractivity contribution in [3.8, 4) is 5.75 Å². The molecule has 128 valence electrons. The van der Waals surface area contributed by atoms with E-state index in [1.54, 1.807) is 48.1 Å². The van der Waals surface area contributed by atoms with Crippen molar-refractivity contribution in [2.75, 3.05) is 13.1 Å². The molecule has 1 amide bonds. The van der Waals surface area contributed by atoms with Crippen molar-refractivity contribution in [1.29, 1.82) is 0 Å². The third-order valence-electron chi connectivity index (χ3n) is 4.15. The van der Waals surface area contributed by atoms with Crippen LogP contribution in [-0.4, -0.2) is 50.3 Å². The summed E-state index contributed by atoms with van der Waals surface area (Å²) >= 11 is 0. The number of likely N-dealkylation sites (tertiary alicyclic amines) is 1. The van der Waals surface area contributed by atoms with E-state index in [1.165, 1.54) is 12.1 Å². The Hall–Kier alpha value is -2.41. The van der Waals surface area contributed by atoms with E-state index < -0.39 is 17.5 Å². The zero-order valence-electron chi connectivity index (χ0n) is 13.6. The molecule has 1 saturated heterocycles. The molecule has 0 bridgehead atoms. The molecule has 0 spiro atoms. The topological polar surface area (TPSA) is 67.6 Å². The number of β-amino-alcohol motifs (C(OH)–C–C–N with tert-alkyl or cyclic N) is 1. The molecule has 0 saturated carbocycles. The second-order valence-electron chi connectivity index (χ2n) is 6.36. The van der Waals surface area contributed by atoms with Gasteiger partial charge in [-0.2, -0.15) is 0 Å². The van der Waals surface area contributed by atoms with E-state index in [-0.39, 0.29) is 12.5 Å². The number of hydrogen-bond donors (Lipinski definition) is 1. The van der Waals surface area contributed by atoms with Crippen LogP contribution in [-0.2, 0) is 7.05 Å². The second kappa shape index (κ2) is 6.24. The lowest BCUT2D eigenvalue weighted by molar-refractivity contribution is -0.0900. The Bertz CT molecular complexity index is 744. The van der Waals surface area contributed by atoms with Gasteiger partial charge in [0.2, 0.25) is 0 Å². The number of carbonyl (C=O) groups is 1. The summed E-state index contributed by atoms with van der Waals surface area (Å²) in [5, 5.41) is 10.7. The van der Waals surface area contributed by atoms with Gasteiger partial charge in [-0.25, -0.2) is 9.37 Å². The number of piperidine rings is 1. The van der Waals surface area contributed by atoms with Crippen LogP contribution in [0.4, 0.5) is 4.39 Å². The lowest BCUT2D eigenvalue weighted by Crippen LogP contribution is -2.58. The van der Waals surface area contributed by atoms with Gasteiger partial charge in [0.25, 0.3) is 5.91 Å². The zero-order valence-corrected chi connectivity index (χ0v) is 13.6. The summed E-state index contributed by atoms with van der Waals surface area (Å²) < 4.78 is 20.7. The number of carbonyl (C=O) groups excluding carboxylic acids is 1. The van der Waals surface area contributed by atoms with Crippen molar-refractivity contribution >= 4 is 5.91 Å². The Balaban J connectivity index is 1.69. The van der Waals surface area contributed by atoms with Gasteiger partial charge in [-0.15, -0.1) is 0 Å². The van der Waals surface area contributed by atoms with Gasteiger partial charge in [0, 0.05) is 32.3 Å². The summed E-state index contributed by atoms with van der Waals surface area (Å²) in [6.45, 7) is 2.18. The predicted molar refractivity (Wildman–Crippen MR) is 85.2 cm³/mol. The van der Waals surface area contributed by atoms with Crippen LogP contribution in [0.5, 0.6) is 5.75 Å². The van der Waals surface area contributed by atoms with Crippen LogP contribution in [0.25, 0.3) is 0 Å². The van der Waals surface area contributed by atoms with E-state index in [9.17, 15) is 14.3 Å². The van der Waals surface area contributed by atoms with Gasteiger partial charge < -0.3 is 19.3 Å². The number of aryl methyl sites for hydroxylation is 1. The molecule has 0 aliphatic carbocycles. The maximum atomic E-state index is 13.3. The van der Waals surface area contributed by atoms with Crippen LogP contribution in [0.2, 0.25) is 0 Å². The molecule has 0 unspecified atom stereocenters. The van der Waals surface area contributed by atoms with Crippen molar-refractivity contribution in [3.05, 3.63) is 48.3 Å². The Morgan fingerprint density at radius 1 is 1.50 bits per heavy atom. The molecule has 1 aromatic carbocycles. The average molecular weight is 333 g/mol. The van der Waals surface area contributed by atoms with Crippen LogP contribution >= 0.6 is 0 Å². The molecule has 3 rings (SSSR count). The van der Waals surface area contributed by atoms with Crippen LogP contribution in [0.15, 0.2) is 36.8 Å². The van der Waals surface area contributed by atoms with Gasteiger partial charge >= 0.3 is 0 Å². The highest BCUT2D eigenvalue weighted by Gasteiger charge is 2.41. The standard InChI is InChI=1S/C17H20FN3O3/c1-17(23)10-21(16(22)14-9-20(2)11-19-14)7-6-15(17)24-13-5-3-4-12(18)8-13/h3-5,8-9,11,15,23H,6-7,10H2,1-2H3/t15-,17-/m0/s1. The fourth-order valence-corrected chi connectivity index (χ4v) is 2.90. The molecule has 2 atom stereocenters. The average Bonchev–Trinajstić information content (AvgIpc) is 2.95. The van der Waals surface area contributed by atoms with Crippen LogP contribution in [0.1, 0.15) is 23.8 Å². The summed E-state index contributed by atoms with van der Waals surface area (Å²) in [7, 11) is 1.79. The number of nitrogens with zero attached hydrogens (tertiary/aromatic N) is 3. The van der Waals surface area contributed by atoms with E-state index in [1.807, 2.05) is 0 Å².